The van der Waals surface area contributed by atoms with E-state index in [2.05, 4.69) is 6.92 Å². The summed E-state index contributed by atoms with van der Waals surface area (Å²) in [7, 11) is 0. The molecule has 2 aromatic carbocycles. The van der Waals surface area contributed by atoms with E-state index in [1.165, 1.54) is 18.9 Å². The van der Waals surface area contributed by atoms with Crippen LogP contribution < -0.4 is 4.90 Å². The predicted molar refractivity (Wildman–Crippen MR) is 118 cm³/mol. The molecule has 4 nitrogen and oxygen atoms in total. The number of esters is 1. The summed E-state index contributed by atoms with van der Waals surface area (Å²) in [4.78, 5) is 26.3. The zero-order valence-corrected chi connectivity index (χ0v) is 17.3. The van der Waals surface area contributed by atoms with E-state index in [0.29, 0.717) is 25.9 Å². The van der Waals surface area contributed by atoms with Gasteiger partial charge in [0.1, 0.15) is 0 Å². The van der Waals surface area contributed by atoms with Crippen molar-refractivity contribution in [2.75, 3.05) is 11.5 Å². The third kappa shape index (κ3) is 8.34. The number of rotatable bonds is 12. The van der Waals surface area contributed by atoms with E-state index in [1.807, 2.05) is 60.7 Å². The Morgan fingerprint density at radius 1 is 0.862 bits per heavy atom. The SMILES string of the molecule is CCCCCCOC(=O)/C=C/CCCC(=O)N(c1ccccc1)c1ccccc1. The Balaban J connectivity index is 1.80. The molecule has 0 spiro atoms. The quantitative estimate of drug-likeness (QED) is 0.245. The molecule has 0 fully saturated rings. The predicted octanol–water partition coefficient (Wildman–Crippen LogP) is 6.20. The second kappa shape index (κ2) is 13.3. The maximum absolute atomic E-state index is 12.9. The molecule has 0 heterocycles. The van der Waals surface area contributed by atoms with Gasteiger partial charge in [0.2, 0.25) is 5.91 Å². The summed E-state index contributed by atoms with van der Waals surface area (Å²) in [5, 5.41) is 0. The van der Waals surface area contributed by atoms with E-state index >= 15 is 0 Å². The number of carbonyl (C=O) groups excluding carboxylic acids is 2. The number of allylic oxidation sites excluding steroid dienone is 1. The fraction of sp³-hybridized carbons (Fsp3) is 0.360. The second-order valence-corrected chi connectivity index (χ2v) is 6.92. The fourth-order valence-electron chi connectivity index (χ4n) is 3.00. The largest absolute Gasteiger partial charge is 0.463 e. The van der Waals surface area contributed by atoms with Crippen LogP contribution >= 0.6 is 0 Å². The molecular formula is C25H31NO3. The lowest BCUT2D eigenvalue weighted by atomic mass is 10.1. The first-order valence-corrected chi connectivity index (χ1v) is 10.5. The third-order valence-corrected chi connectivity index (χ3v) is 4.54. The maximum Gasteiger partial charge on any atom is 0.330 e. The summed E-state index contributed by atoms with van der Waals surface area (Å²) in [6.07, 6.45) is 9.34. The first kappa shape index (κ1) is 22.4. The number of nitrogens with zero attached hydrogens (tertiary/aromatic N) is 1. The number of benzene rings is 2. The van der Waals surface area contributed by atoms with Gasteiger partial charge in [-0.2, -0.15) is 0 Å². The van der Waals surface area contributed by atoms with Gasteiger partial charge in [0.25, 0.3) is 0 Å². The fourth-order valence-corrected chi connectivity index (χ4v) is 3.00. The van der Waals surface area contributed by atoms with Crippen LogP contribution in [-0.2, 0) is 14.3 Å². The van der Waals surface area contributed by atoms with Crippen LogP contribution in [0.4, 0.5) is 11.4 Å². The molecule has 29 heavy (non-hydrogen) atoms. The smallest absolute Gasteiger partial charge is 0.330 e. The molecule has 4 heteroatoms. The van der Waals surface area contributed by atoms with Crippen LogP contribution in [0.2, 0.25) is 0 Å². The highest BCUT2D eigenvalue weighted by Gasteiger charge is 2.16. The van der Waals surface area contributed by atoms with Crippen LogP contribution in [0.25, 0.3) is 0 Å². The lowest BCUT2D eigenvalue weighted by Gasteiger charge is -2.23. The Bertz CT molecular complexity index is 717. The molecule has 2 rings (SSSR count). The number of para-hydroxylation sites is 2. The van der Waals surface area contributed by atoms with Gasteiger partial charge in [0.05, 0.1) is 6.61 Å². The summed E-state index contributed by atoms with van der Waals surface area (Å²) in [6.45, 7) is 2.63. The third-order valence-electron chi connectivity index (χ3n) is 4.54. The molecule has 154 valence electrons. The Morgan fingerprint density at radius 2 is 1.48 bits per heavy atom. The van der Waals surface area contributed by atoms with Crippen molar-refractivity contribution < 1.29 is 14.3 Å². The van der Waals surface area contributed by atoms with Gasteiger partial charge in [-0.1, -0.05) is 68.7 Å². The molecule has 0 saturated carbocycles. The monoisotopic (exact) mass is 393 g/mol. The lowest BCUT2D eigenvalue weighted by molar-refractivity contribution is -0.137. The van der Waals surface area contributed by atoms with Gasteiger partial charge in [0, 0.05) is 23.9 Å². The van der Waals surface area contributed by atoms with Crippen molar-refractivity contribution in [3.05, 3.63) is 72.8 Å². The number of hydrogen-bond acceptors (Lipinski definition) is 3. The zero-order chi connectivity index (χ0) is 20.7. The Hall–Kier alpha value is -2.88. The molecule has 0 aromatic heterocycles. The molecule has 0 atom stereocenters. The Morgan fingerprint density at radius 3 is 2.07 bits per heavy atom. The van der Waals surface area contributed by atoms with Gasteiger partial charge in [-0.25, -0.2) is 4.79 Å². The lowest BCUT2D eigenvalue weighted by Crippen LogP contribution is -2.25. The van der Waals surface area contributed by atoms with Crippen LogP contribution in [0, 0.1) is 0 Å². The maximum atomic E-state index is 12.9. The minimum Gasteiger partial charge on any atom is -0.463 e. The van der Waals surface area contributed by atoms with Gasteiger partial charge >= 0.3 is 5.97 Å². The van der Waals surface area contributed by atoms with Crippen LogP contribution in [0.3, 0.4) is 0 Å². The van der Waals surface area contributed by atoms with Crippen molar-refractivity contribution in [2.45, 2.75) is 51.9 Å². The highest BCUT2D eigenvalue weighted by atomic mass is 16.5. The molecule has 0 bridgehead atoms. The van der Waals surface area contributed by atoms with Crippen molar-refractivity contribution in [1.29, 1.82) is 0 Å². The average Bonchev–Trinajstić information content (AvgIpc) is 2.75. The topological polar surface area (TPSA) is 46.6 Å². The highest BCUT2D eigenvalue weighted by molar-refractivity contribution is 6.00. The number of carbonyl (C=O) groups is 2. The number of hydrogen-bond donors (Lipinski definition) is 0. The molecule has 0 unspecified atom stereocenters. The van der Waals surface area contributed by atoms with Crippen LogP contribution in [0.1, 0.15) is 51.9 Å². The molecule has 0 radical (unpaired) electrons. The number of amides is 1. The zero-order valence-electron chi connectivity index (χ0n) is 17.3. The van der Waals surface area contributed by atoms with Crippen molar-refractivity contribution in [3.8, 4) is 0 Å². The van der Waals surface area contributed by atoms with Gasteiger partial charge in [-0.3, -0.25) is 9.69 Å². The van der Waals surface area contributed by atoms with E-state index in [4.69, 9.17) is 4.74 Å². The summed E-state index contributed by atoms with van der Waals surface area (Å²) in [6, 6.07) is 19.3. The van der Waals surface area contributed by atoms with Crippen LogP contribution in [0.5, 0.6) is 0 Å². The first-order chi connectivity index (χ1) is 14.2. The molecule has 0 N–H and O–H groups in total. The standard InChI is InChI=1S/C25H31NO3/c1-2-3-4-14-21-29-25(28)20-13-7-12-19-24(27)26(22-15-8-5-9-16-22)23-17-10-6-11-18-23/h5-6,8-11,13,15-18,20H,2-4,7,12,14,19,21H2,1H3/b20-13+. The molecule has 2 aromatic rings. The van der Waals surface area contributed by atoms with E-state index < -0.39 is 0 Å². The summed E-state index contributed by atoms with van der Waals surface area (Å²) < 4.78 is 5.17. The molecule has 0 aliphatic heterocycles. The van der Waals surface area contributed by atoms with E-state index in [-0.39, 0.29) is 11.9 Å². The van der Waals surface area contributed by atoms with Crippen molar-refractivity contribution in [3.63, 3.8) is 0 Å². The number of ether oxygens (including phenoxy) is 1. The molecular weight excluding hydrogens is 362 g/mol. The number of anilines is 2. The molecule has 0 aliphatic rings. The van der Waals surface area contributed by atoms with E-state index in [0.717, 1.165) is 24.2 Å². The first-order valence-electron chi connectivity index (χ1n) is 10.5. The van der Waals surface area contributed by atoms with Gasteiger partial charge in [-0.15, -0.1) is 0 Å². The Kier molecular flexibility index (Phi) is 10.3. The normalized spacial score (nSPS) is 10.8. The molecule has 0 aliphatic carbocycles. The van der Waals surface area contributed by atoms with Gasteiger partial charge in [0.15, 0.2) is 0 Å². The van der Waals surface area contributed by atoms with Crippen LogP contribution in [0.15, 0.2) is 72.8 Å². The minimum absolute atomic E-state index is 0.0364. The van der Waals surface area contributed by atoms with E-state index in [9.17, 15) is 9.59 Å². The molecule has 0 saturated heterocycles. The van der Waals surface area contributed by atoms with Crippen molar-refractivity contribution in [2.24, 2.45) is 0 Å². The highest BCUT2D eigenvalue weighted by Crippen LogP contribution is 2.26. The van der Waals surface area contributed by atoms with Crippen molar-refractivity contribution >= 4 is 23.3 Å². The number of unbranched alkanes of at least 4 members (excludes halogenated alkanes) is 4. The van der Waals surface area contributed by atoms with Crippen LogP contribution in [-0.4, -0.2) is 18.5 Å². The second-order valence-electron chi connectivity index (χ2n) is 6.92. The minimum atomic E-state index is -0.303. The summed E-state index contributed by atoms with van der Waals surface area (Å²) in [5.41, 5.74) is 1.71. The average molecular weight is 394 g/mol. The van der Waals surface area contributed by atoms with Crippen molar-refractivity contribution in [1.82, 2.24) is 0 Å². The Labute approximate surface area is 174 Å². The summed E-state index contributed by atoms with van der Waals surface area (Å²) >= 11 is 0. The van der Waals surface area contributed by atoms with E-state index in [1.54, 1.807) is 11.0 Å². The van der Waals surface area contributed by atoms with Gasteiger partial charge in [-0.05, 0) is 43.5 Å². The summed E-state index contributed by atoms with van der Waals surface area (Å²) in [5.74, 6) is -0.266. The van der Waals surface area contributed by atoms with Gasteiger partial charge < -0.3 is 4.74 Å². The molecule has 1 amide bonds.